The lowest BCUT2D eigenvalue weighted by Crippen LogP contribution is -2.38. The van der Waals surface area contributed by atoms with Crippen LogP contribution in [0.15, 0.2) is 53.1 Å². The Morgan fingerprint density at radius 2 is 1.86 bits per heavy atom. The molecule has 1 aliphatic heterocycles. The number of aromatic nitrogens is 1. The number of morpholine rings is 1. The molecule has 0 unspecified atom stereocenters. The molecule has 1 aliphatic rings. The molecule has 0 bridgehead atoms. The molecule has 29 heavy (non-hydrogen) atoms. The number of aryl methyl sites for hydroxylation is 2. The molecule has 1 N–H and O–H groups in total. The summed E-state index contributed by atoms with van der Waals surface area (Å²) in [7, 11) is 0. The summed E-state index contributed by atoms with van der Waals surface area (Å²) in [6.07, 6.45) is 1.73. The normalized spacial score (nSPS) is 14.7. The minimum atomic E-state index is 0.476. The van der Waals surface area contributed by atoms with Crippen LogP contribution in [0.2, 0.25) is 0 Å². The summed E-state index contributed by atoms with van der Waals surface area (Å²) < 4.78 is 17.2. The molecule has 1 fully saturated rings. The van der Waals surface area contributed by atoms with Crippen LogP contribution in [-0.4, -0.2) is 49.3 Å². The van der Waals surface area contributed by atoms with Gasteiger partial charge in [0, 0.05) is 30.9 Å². The number of hydrogen-bond acceptors (Lipinski definition) is 6. The van der Waals surface area contributed by atoms with Gasteiger partial charge in [-0.05, 0) is 49.2 Å². The van der Waals surface area contributed by atoms with Crippen LogP contribution in [0.5, 0.6) is 5.75 Å². The van der Waals surface area contributed by atoms with Crippen LogP contribution in [0.25, 0.3) is 11.3 Å². The number of benzene rings is 2. The van der Waals surface area contributed by atoms with Crippen molar-refractivity contribution in [3.05, 3.63) is 59.8 Å². The van der Waals surface area contributed by atoms with E-state index in [0.717, 1.165) is 49.8 Å². The van der Waals surface area contributed by atoms with E-state index in [9.17, 15) is 0 Å². The van der Waals surface area contributed by atoms with Gasteiger partial charge in [0.15, 0.2) is 5.76 Å². The largest absolute Gasteiger partial charge is 0.492 e. The molecule has 3 aromatic rings. The number of ether oxygens (including phenoxy) is 2. The van der Waals surface area contributed by atoms with Crippen LogP contribution < -0.4 is 10.1 Å². The molecule has 0 radical (unpaired) electrons. The van der Waals surface area contributed by atoms with Gasteiger partial charge in [0.05, 0.1) is 19.4 Å². The average molecular weight is 393 g/mol. The van der Waals surface area contributed by atoms with Crippen LogP contribution in [0.1, 0.15) is 11.1 Å². The van der Waals surface area contributed by atoms with E-state index in [1.54, 1.807) is 6.20 Å². The van der Waals surface area contributed by atoms with Crippen molar-refractivity contribution in [1.82, 2.24) is 9.88 Å². The Labute approximate surface area is 171 Å². The SMILES string of the molecule is Cc1cc(C)cc(Nc2ncc(-c3cccc(OCCN4CCOCC4)c3)o2)c1. The standard InChI is InChI=1S/C23H27N3O3/c1-17-12-18(2)14-20(13-17)25-23-24-16-22(29-23)19-4-3-5-21(15-19)28-11-8-26-6-9-27-10-7-26/h3-5,12-16H,6-11H2,1-2H3,(H,24,25). The van der Waals surface area contributed by atoms with Crippen molar-refractivity contribution in [2.24, 2.45) is 0 Å². The Balaban J connectivity index is 1.38. The molecule has 1 saturated heterocycles. The molecule has 0 spiro atoms. The third-order valence-corrected chi connectivity index (χ3v) is 4.88. The number of rotatable bonds is 7. The number of nitrogens with one attached hydrogen (secondary N) is 1. The van der Waals surface area contributed by atoms with Crippen molar-refractivity contribution in [2.45, 2.75) is 13.8 Å². The smallest absolute Gasteiger partial charge is 0.299 e. The van der Waals surface area contributed by atoms with Gasteiger partial charge in [-0.3, -0.25) is 4.90 Å². The second-order valence-corrected chi connectivity index (χ2v) is 7.36. The van der Waals surface area contributed by atoms with Crippen LogP contribution in [0, 0.1) is 13.8 Å². The topological polar surface area (TPSA) is 59.8 Å². The first-order chi connectivity index (χ1) is 14.2. The van der Waals surface area contributed by atoms with Gasteiger partial charge in [-0.2, -0.15) is 0 Å². The van der Waals surface area contributed by atoms with Crippen LogP contribution in [0.3, 0.4) is 0 Å². The molecular formula is C23H27N3O3. The molecule has 0 saturated carbocycles. The number of oxazole rings is 1. The summed E-state index contributed by atoms with van der Waals surface area (Å²) in [5.74, 6) is 1.53. The molecule has 6 nitrogen and oxygen atoms in total. The van der Waals surface area contributed by atoms with Crippen LogP contribution in [0.4, 0.5) is 11.7 Å². The van der Waals surface area contributed by atoms with E-state index >= 15 is 0 Å². The number of nitrogens with zero attached hydrogens (tertiary/aromatic N) is 2. The summed E-state index contributed by atoms with van der Waals surface area (Å²) in [5, 5.41) is 3.24. The Morgan fingerprint density at radius 1 is 1.07 bits per heavy atom. The zero-order valence-electron chi connectivity index (χ0n) is 17.0. The summed E-state index contributed by atoms with van der Waals surface area (Å²) in [5.41, 5.74) is 4.30. The second kappa shape index (κ2) is 9.11. The lowest BCUT2D eigenvalue weighted by Gasteiger charge is -2.26. The summed E-state index contributed by atoms with van der Waals surface area (Å²) >= 11 is 0. The molecule has 152 valence electrons. The van der Waals surface area contributed by atoms with Gasteiger partial charge in [-0.15, -0.1) is 0 Å². The predicted octanol–water partition coefficient (Wildman–Crippen LogP) is 4.41. The Morgan fingerprint density at radius 3 is 2.66 bits per heavy atom. The fourth-order valence-corrected chi connectivity index (χ4v) is 3.49. The second-order valence-electron chi connectivity index (χ2n) is 7.36. The molecular weight excluding hydrogens is 366 g/mol. The molecule has 1 aromatic heterocycles. The van der Waals surface area contributed by atoms with Crippen molar-refractivity contribution < 1.29 is 13.9 Å². The van der Waals surface area contributed by atoms with E-state index in [4.69, 9.17) is 13.9 Å². The highest BCUT2D eigenvalue weighted by Crippen LogP contribution is 2.27. The van der Waals surface area contributed by atoms with Crippen molar-refractivity contribution in [2.75, 3.05) is 44.8 Å². The fourth-order valence-electron chi connectivity index (χ4n) is 3.49. The molecule has 0 aliphatic carbocycles. The predicted molar refractivity (Wildman–Crippen MR) is 114 cm³/mol. The van der Waals surface area contributed by atoms with Gasteiger partial charge >= 0.3 is 0 Å². The van der Waals surface area contributed by atoms with Crippen molar-refractivity contribution in [1.29, 1.82) is 0 Å². The van der Waals surface area contributed by atoms with Crippen molar-refractivity contribution >= 4 is 11.7 Å². The van der Waals surface area contributed by atoms with E-state index in [1.807, 2.05) is 24.3 Å². The third-order valence-electron chi connectivity index (χ3n) is 4.88. The first-order valence-electron chi connectivity index (χ1n) is 10.0. The molecule has 6 heteroatoms. The number of anilines is 2. The van der Waals surface area contributed by atoms with E-state index in [0.29, 0.717) is 18.4 Å². The number of hydrogen-bond donors (Lipinski definition) is 1. The average Bonchev–Trinajstić information content (AvgIpc) is 3.17. The van der Waals surface area contributed by atoms with Gasteiger partial charge in [0.25, 0.3) is 6.01 Å². The van der Waals surface area contributed by atoms with Gasteiger partial charge in [0.1, 0.15) is 12.4 Å². The zero-order chi connectivity index (χ0) is 20.1. The minimum Gasteiger partial charge on any atom is -0.492 e. The molecule has 0 amide bonds. The first-order valence-corrected chi connectivity index (χ1v) is 10.0. The highest BCUT2D eigenvalue weighted by molar-refractivity contribution is 5.61. The fraction of sp³-hybridized carbons (Fsp3) is 0.348. The van der Waals surface area contributed by atoms with Gasteiger partial charge in [0.2, 0.25) is 0 Å². The van der Waals surface area contributed by atoms with Crippen LogP contribution >= 0.6 is 0 Å². The summed E-state index contributed by atoms with van der Waals surface area (Å²) in [6.45, 7) is 9.25. The minimum absolute atomic E-state index is 0.476. The highest BCUT2D eigenvalue weighted by atomic mass is 16.5. The highest BCUT2D eigenvalue weighted by Gasteiger charge is 2.11. The lowest BCUT2D eigenvalue weighted by molar-refractivity contribution is 0.0322. The Kier molecular flexibility index (Phi) is 6.12. The monoisotopic (exact) mass is 393 g/mol. The maximum Gasteiger partial charge on any atom is 0.299 e. The van der Waals surface area contributed by atoms with Crippen molar-refractivity contribution in [3.8, 4) is 17.1 Å². The Hall–Kier alpha value is -2.83. The molecule has 0 atom stereocenters. The van der Waals surface area contributed by atoms with Crippen LogP contribution in [-0.2, 0) is 4.74 Å². The third kappa shape index (κ3) is 5.37. The molecule has 2 aromatic carbocycles. The first kappa shape index (κ1) is 19.5. The molecule has 4 rings (SSSR count). The lowest BCUT2D eigenvalue weighted by atomic mass is 10.1. The van der Waals surface area contributed by atoms with E-state index in [-0.39, 0.29) is 0 Å². The maximum absolute atomic E-state index is 5.94. The van der Waals surface area contributed by atoms with Gasteiger partial charge in [-0.1, -0.05) is 18.2 Å². The van der Waals surface area contributed by atoms with E-state index in [1.165, 1.54) is 11.1 Å². The maximum atomic E-state index is 5.94. The molecule has 2 heterocycles. The van der Waals surface area contributed by atoms with Crippen molar-refractivity contribution in [3.63, 3.8) is 0 Å². The van der Waals surface area contributed by atoms with Gasteiger partial charge in [-0.25, -0.2) is 4.98 Å². The quantitative estimate of drug-likeness (QED) is 0.641. The van der Waals surface area contributed by atoms with E-state index in [2.05, 4.69) is 47.2 Å². The summed E-state index contributed by atoms with van der Waals surface area (Å²) in [6, 6.07) is 14.7. The van der Waals surface area contributed by atoms with E-state index < -0.39 is 0 Å². The van der Waals surface area contributed by atoms with Gasteiger partial charge < -0.3 is 19.2 Å². The zero-order valence-corrected chi connectivity index (χ0v) is 17.0. The summed E-state index contributed by atoms with van der Waals surface area (Å²) in [4.78, 5) is 6.72. The Bertz CT molecular complexity index is 928.